The number of aromatic nitrogens is 4. The molecule has 3 rings (SSSR count). The third kappa shape index (κ3) is 2.57. The summed E-state index contributed by atoms with van der Waals surface area (Å²) in [6.45, 7) is 10.2. The second-order valence-electron chi connectivity index (χ2n) is 5.77. The van der Waals surface area contributed by atoms with E-state index < -0.39 is 0 Å². The van der Waals surface area contributed by atoms with Crippen LogP contribution in [0.15, 0.2) is 18.6 Å². The van der Waals surface area contributed by atoms with E-state index in [0.717, 1.165) is 54.2 Å². The minimum Gasteiger partial charge on any atom is -0.375 e. The number of likely N-dealkylation sites (tertiary alicyclic amines) is 1. The van der Waals surface area contributed by atoms with E-state index in [-0.39, 0.29) is 0 Å². The first kappa shape index (κ1) is 13.9. The van der Waals surface area contributed by atoms with Crippen molar-refractivity contribution in [1.29, 1.82) is 0 Å². The molecule has 0 bridgehead atoms. The van der Waals surface area contributed by atoms with Gasteiger partial charge in [-0.05, 0) is 26.7 Å². The van der Waals surface area contributed by atoms with Crippen LogP contribution >= 0.6 is 0 Å². The SMILES string of the molecule is C=C(C)N1CCC(Nc2ncnc3c(C)nn(C)c23)CC1. The third-order valence-electron chi connectivity index (χ3n) is 4.16. The first-order valence-electron chi connectivity index (χ1n) is 7.37. The van der Waals surface area contributed by atoms with Gasteiger partial charge < -0.3 is 10.2 Å². The van der Waals surface area contributed by atoms with Crippen LogP contribution in [-0.4, -0.2) is 43.8 Å². The van der Waals surface area contributed by atoms with Gasteiger partial charge in [-0.15, -0.1) is 0 Å². The summed E-state index contributed by atoms with van der Waals surface area (Å²) in [5, 5.41) is 8.00. The Hall–Kier alpha value is -2.11. The predicted molar refractivity (Wildman–Crippen MR) is 84.1 cm³/mol. The number of piperidine rings is 1. The van der Waals surface area contributed by atoms with Gasteiger partial charge in [0.1, 0.15) is 17.4 Å². The summed E-state index contributed by atoms with van der Waals surface area (Å²) >= 11 is 0. The summed E-state index contributed by atoms with van der Waals surface area (Å²) < 4.78 is 1.86. The van der Waals surface area contributed by atoms with Gasteiger partial charge in [0.15, 0.2) is 5.82 Å². The van der Waals surface area contributed by atoms with Crippen LogP contribution in [0.2, 0.25) is 0 Å². The fourth-order valence-electron chi connectivity index (χ4n) is 2.98. The van der Waals surface area contributed by atoms with Gasteiger partial charge in [0.2, 0.25) is 0 Å². The highest BCUT2D eigenvalue weighted by Crippen LogP contribution is 2.24. The fraction of sp³-hybridized carbons (Fsp3) is 0.533. The number of hydrogen-bond acceptors (Lipinski definition) is 5. The molecule has 1 N–H and O–H groups in total. The molecule has 2 aromatic rings. The van der Waals surface area contributed by atoms with Crippen LogP contribution in [0.25, 0.3) is 11.0 Å². The average Bonchev–Trinajstić information content (AvgIpc) is 2.76. The summed E-state index contributed by atoms with van der Waals surface area (Å²) in [6.07, 6.45) is 3.80. The zero-order valence-corrected chi connectivity index (χ0v) is 12.9. The van der Waals surface area contributed by atoms with Gasteiger partial charge in [-0.1, -0.05) is 6.58 Å². The van der Waals surface area contributed by atoms with Gasteiger partial charge in [0, 0.05) is 31.9 Å². The van der Waals surface area contributed by atoms with Gasteiger partial charge in [0.25, 0.3) is 0 Å². The van der Waals surface area contributed by atoms with E-state index in [1.165, 1.54) is 0 Å². The molecule has 0 spiro atoms. The largest absolute Gasteiger partial charge is 0.375 e. The fourth-order valence-corrected chi connectivity index (χ4v) is 2.98. The number of nitrogens with zero attached hydrogens (tertiary/aromatic N) is 5. The first-order chi connectivity index (χ1) is 10.1. The lowest BCUT2D eigenvalue weighted by Gasteiger charge is -2.34. The van der Waals surface area contributed by atoms with Gasteiger partial charge in [0.05, 0.1) is 5.69 Å². The number of fused-ring (bicyclic) bond motifs is 1. The van der Waals surface area contributed by atoms with E-state index in [4.69, 9.17) is 0 Å². The average molecular weight is 286 g/mol. The lowest BCUT2D eigenvalue weighted by atomic mass is 10.0. The number of anilines is 1. The molecule has 0 atom stereocenters. The Labute approximate surface area is 124 Å². The van der Waals surface area contributed by atoms with Crippen LogP contribution in [0.5, 0.6) is 0 Å². The van der Waals surface area contributed by atoms with E-state index in [2.05, 4.69) is 38.8 Å². The molecule has 1 fully saturated rings. The minimum absolute atomic E-state index is 0.439. The van der Waals surface area contributed by atoms with Crippen LogP contribution in [0, 0.1) is 6.92 Å². The highest BCUT2D eigenvalue weighted by atomic mass is 15.3. The summed E-state index contributed by atoms with van der Waals surface area (Å²) in [4.78, 5) is 11.1. The molecule has 1 aliphatic heterocycles. The van der Waals surface area contributed by atoms with Crippen LogP contribution < -0.4 is 5.32 Å². The second-order valence-corrected chi connectivity index (χ2v) is 5.77. The molecular weight excluding hydrogens is 264 g/mol. The first-order valence-corrected chi connectivity index (χ1v) is 7.37. The van der Waals surface area contributed by atoms with Gasteiger partial charge in [-0.25, -0.2) is 9.97 Å². The molecule has 0 amide bonds. The summed E-state index contributed by atoms with van der Waals surface area (Å²) in [6, 6.07) is 0.439. The van der Waals surface area contributed by atoms with Crippen LogP contribution in [0.3, 0.4) is 0 Å². The Balaban J connectivity index is 1.79. The van der Waals surface area contributed by atoms with Crippen molar-refractivity contribution in [3.63, 3.8) is 0 Å². The molecule has 0 saturated carbocycles. The van der Waals surface area contributed by atoms with Crippen LogP contribution in [-0.2, 0) is 7.05 Å². The smallest absolute Gasteiger partial charge is 0.155 e. The van der Waals surface area contributed by atoms with Gasteiger partial charge in [-0.2, -0.15) is 5.10 Å². The molecule has 6 heteroatoms. The monoisotopic (exact) mass is 286 g/mol. The van der Waals surface area contributed by atoms with Crippen LogP contribution in [0.1, 0.15) is 25.5 Å². The van der Waals surface area contributed by atoms with Crippen molar-refractivity contribution in [3.05, 3.63) is 24.3 Å². The predicted octanol–water partition coefficient (Wildman–Crippen LogP) is 2.08. The molecular formula is C15H22N6. The summed E-state index contributed by atoms with van der Waals surface area (Å²) in [7, 11) is 1.94. The standard InChI is InChI=1S/C15H22N6/c1-10(2)21-7-5-12(6-8-21)18-15-14-13(16-9-17-15)11(3)19-20(14)4/h9,12H,1,5-8H2,2-4H3,(H,16,17,18). The Morgan fingerprint density at radius 1 is 1.33 bits per heavy atom. The molecule has 0 unspecified atom stereocenters. The molecule has 3 heterocycles. The summed E-state index contributed by atoms with van der Waals surface area (Å²) in [5.41, 5.74) is 4.00. The van der Waals surface area contributed by atoms with Crippen LogP contribution in [0.4, 0.5) is 5.82 Å². The van der Waals surface area contributed by atoms with Crippen molar-refractivity contribution in [1.82, 2.24) is 24.6 Å². The van der Waals surface area contributed by atoms with E-state index >= 15 is 0 Å². The van der Waals surface area contributed by atoms with Gasteiger partial charge in [-0.3, -0.25) is 4.68 Å². The number of hydrogen-bond donors (Lipinski definition) is 1. The number of allylic oxidation sites excluding steroid dienone is 1. The number of nitrogens with one attached hydrogen (secondary N) is 1. The molecule has 1 saturated heterocycles. The molecule has 0 aromatic carbocycles. The van der Waals surface area contributed by atoms with Crippen molar-refractivity contribution < 1.29 is 0 Å². The Kier molecular flexibility index (Phi) is 3.53. The lowest BCUT2D eigenvalue weighted by molar-refractivity contribution is 0.273. The maximum Gasteiger partial charge on any atom is 0.155 e. The molecule has 21 heavy (non-hydrogen) atoms. The Bertz CT molecular complexity index is 666. The van der Waals surface area contributed by atoms with E-state index in [9.17, 15) is 0 Å². The second kappa shape index (κ2) is 5.35. The minimum atomic E-state index is 0.439. The Morgan fingerprint density at radius 3 is 2.71 bits per heavy atom. The topological polar surface area (TPSA) is 58.9 Å². The molecule has 1 aliphatic rings. The van der Waals surface area contributed by atoms with Gasteiger partial charge >= 0.3 is 0 Å². The molecule has 0 radical (unpaired) electrons. The molecule has 0 aliphatic carbocycles. The molecule has 6 nitrogen and oxygen atoms in total. The van der Waals surface area contributed by atoms with E-state index in [1.54, 1.807) is 6.33 Å². The zero-order chi connectivity index (χ0) is 15.0. The zero-order valence-electron chi connectivity index (χ0n) is 12.9. The van der Waals surface area contributed by atoms with E-state index in [1.807, 2.05) is 18.7 Å². The number of rotatable bonds is 3. The lowest BCUT2D eigenvalue weighted by Crippen LogP contribution is -2.38. The quantitative estimate of drug-likeness (QED) is 0.936. The van der Waals surface area contributed by atoms with E-state index in [0.29, 0.717) is 6.04 Å². The maximum absolute atomic E-state index is 4.43. The van der Waals surface area contributed by atoms with Crippen molar-refractivity contribution in [3.8, 4) is 0 Å². The highest BCUT2D eigenvalue weighted by molar-refractivity contribution is 5.87. The maximum atomic E-state index is 4.43. The highest BCUT2D eigenvalue weighted by Gasteiger charge is 2.21. The van der Waals surface area contributed by atoms with Crippen molar-refractivity contribution >= 4 is 16.9 Å². The molecule has 2 aromatic heterocycles. The summed E-state index contributed by atoms with van der Waals surface area (Å²) in [5.74, 6) is 0.886. The number of aryl methyl sites for hydroxylation is 2. The van der Waals surface area contributed by atoms with Crippen molar-refractivity contribution in [2.24, 2.45) is 7.05 Å². The third-order valence-corrected chi connectivity index (χ3v) is 4.16. The van der Waals surface area contributed by atoms with Crippen molar-refractivity contribution in [2.75, 3.05) is 18.4 Å². The van der Waals surface area contributed by atoms with Crippen molar-refractivity contribution in [2.45, 2.75) is 32.7 Å². The Morgan fingerprint density at radius 2 is 2.05 bits per heavy atom. The normalized spacial score (nSPS) is 16.4. The molecule has 112 valence electrons.